The first-order valence-electron chi connectivity index (χ1n) is 5.96. The van der Waals surface area contributed by atoms with Gasteiger partial charge >= 0.3 is 5.97 Å². The zero-order valence-electron chi connectivity index (χ0n) is 10.1. The van der Waals surface area contributed by atoms with E-state index >= 15 is 0 Å². The number of hydrogen-bond donors (Lipinski definition) is 1. The lowest BCUT2D eigenvalue weighted by atomic mass is 9.97. The third-order valence-electron chi connectivity index (χ3n) is 3.22. The number of carbonyl (C=O) groups is 2. The number of carboxylic acids is 1. The second kappa shape index (κ2) is 5.92. The SMILES string of the molecule is O=C(O)C1CCCN(C(=O)c2ccc(Cl)c(Br)c2)C1. The standard InChI is InChI=1S/C13H13BrClNO3/c14-10-6-8(3-4-11(10)15)12(17)16-5-1-2-9(7-16)13(18)19/h3-4,6,9H,1-2,5,7H2,(H,18,19). The Bertz CT molecular complexity index is 521. The Balaban J connectivity index is 2.14. The van der Waals surface area contributed by atoms with Crippen LogP contribution in [-0.4, -0.2) is 35.0 Å². The van der Waals surface area contributed by atoms with Crippen molar-refractivity contribution in [2.75, 3.05) is 13.1 Å². The number of benzene rings is 1. The highest BCUT2D eigenvalue weighted by Crippen LogP contribution is 2.25. The van der Waals surface area contributed by atoms with Crippen molar-refractivity contribution >= 4 is 39.4 Å². The van der Waals surface area contributed by atoms with Crippen LogP contribution >= 0.6 is 27.5 Å². The van der Waals surface area contributed by atoms with E-state index in [4.69, 9.17) is 16.7 Å². The van der Waals surface area contributed by atoms with Crippen LogP contribution in [-0.2, 0) is 4.79 Å². The summed E-state index contributed by atoms with van der Waals surface area (Å²) in [6, 6.07) is 4.96. The Hall–Kier alpha value is -1.07. The van der Waals surface area contributed by atoms with Crippen LogP contribution in [0.2, 0.25) is 5.02 Å². The molecule has 1 heterocycles. The van der Waals surface area contributed by atoms with Crippen molar-refractivity contribution < 1.29 is 14.7 Å². The van der Waals surface area contributed by atoms with Gasteiger partial charge in [0.1, 0.15) is 0 Å². The van der Waals surface area contributed by atoms with Crippen molar-refractivity contribution in [3.8, 4) is 0 Å². The van der Waals surface area contributed by atoms with Gasteiger partial charge in [-0.05, 0) is 47.0 Å². The molecular formula is C13H13BrClNO3. The van der Waals surface area contributed by atoms with Crippen molar-refractivity contribution in [1.29, 1.82) is 0 Å². The van der Waals surface area contributed by atoms with Crippen LogP contribution in [0.5, 0.6) is 0 Å². The Labute approximate surface area is 124 Å². The summed E-state index contributed by atoms with van der Waals surface area (Å²) >= 11 is 9.16. The first-order valence-corrected chi connectivity index (χ1v) is 7.13. The number of piperidine rings is 1. The van der Waals surface area contributed by atoms with Crippen molar-refractivity contribution in [3.63, 3.8) is 0 Å². The summed E-state index contributed by atoms with van der Waals surface area (Å²) in [4.78, 5) is 24.9. The Kier molecular flexibility index (Phi) is 4.47. The highest BCUT2D eigenvalue weighted by Gasteiger charge is 2.28. The lowest BCUT2D eigenvalue weighted by Crippen LogP contribution is -2.42. The van der Waals surface area contributed by atoms with Gasteiger partial charge in [-0.25, -0.2) is 0 Å². The van der Waals surface area contributed by atoms with Crippen LogP contribution in [0.4, 0.5) is 0 Å². The van der Waals surface area contributed by atoms with Gasteiger partial charge in [0, 0.05) is 23.1 Å². The lowest BCUT2D eigenvalue weighted by Gasteiger charge is -2.30. The fourth-order valence-corrected chi connectivity index (χ4v) is 2.67. The molecule has 1 amide bonds. The van der Waals surface area contributed by atoms with E-state index < -0.39 is 11.9 Å². The number of nitrogens with zero attached hydrogens (tertiary/aromatic N) is 1. The Morgan fingerprint density at radius 2 is 2.16 bits per heavy atom. The van der Waals surface area contributed by atoms with E-state index in [-0.39, 0.29) is 12.5 Å². The summed E-state index contributed by atoms with van der Waals surface area (Å²) in [5.41, 5.74) is 0.516. The van der Waals surface area contributed by atoms with Gasteiger partial charge in [0.25, 0.3) is 5.91 Å². The quantitative estimate of drug-likeness (QED) is 0.895. The summed E-state index contributed by atoms with van der Waals surface area (Å²) in [5, 5.41) is 9.57. The van der Waals surface area contributed by atoms with E-state index in [9.17, 15) is 9.59 Å². The lowest BCUT2D eigenvalue weighted by molar-refractivity contribution is -0.143. The number of amides is 1. The first kappa shape index (κ1) is 14.3. The summed E-state index contributed by atoms with van der Waals surface area (Å²) in [6.07, 6.45) is 1.35. The second-order valence-electron chi connectivity index (χ2n) is 4.56. The molecule has 0 bridgehead atoms. The predicted molar refractivity (Wildman–Crippen MR) is 75.4 cm³/mol. The topological polar surface area (TPSA) is 57.6 Å². The van der Waals surface area contributed by atoms with Crippen molar-refractivity contribution in [2.24, 2.45) is 5.92 Å². The van der Waals surface area contributed by atoms with Gasteiger partial charge in [0.15, 0.2) is 0 Å². The van der Waals surface area contributed by atoms with Gasteiger partial charge in [0.05, 0.1) is 10.9 Å². The average Bonchev–Trinajstić information content (AvgIpc) is 2.41. The molecule has 19 heavy (non-hydrogen) atoms. The van der Waals surface area contributed by atoms with Crippen LogP contribution < -0.4 is 0 Å². The second-order valence-corrected chi connectivity index (χ2v) is 5.82. The fraction of sp³-hybridized carbons (Fsp3) is 0.385. The van der Waals surface area contributed by atoms with Crippen LogP contribution in [0.25, 0.3) is 0 Å². The molecule has 0 saturated carbocycles. The number of hydrogen-bond acceptors (Lipinski definition) is 2. The largest absolute Gasteiger partial charge is 0.481 e. The molecule has 1 aliphatic heterocycles. The zero-order chi connectivity index (χ0) is 14.0. The molecule has 1 fully saturated rings. The van der Waals surface area contributed by atoms with Gasteiger partial charge in [-0.15, -0.1) is 0 Å². The normalized spacial score (nSPS) is 19.3. The molecule has 0 radical (unpaired) electrons. The van der Waals surface area contributed by atoms with E-state index in [2.05, 4.69) is 15.9 Å². The smallest absolute Gasteiger partial charge is 0.308 e. The summed E-state index contributed by atoms with van der Waals surface area (Å²) in [6.45, 7) is 0.872. The molecule has 0 spiro atoms. The molecule has 4 nitrogen and oxygen atoms in total. The summed E-state index contributed by atoms with van der Waals surface area (Å²) < 4.78 is 0.659. The predicted octanol–water partition coefficient (Wildman–Crippen LogP) is 3.04. The molecule has 6 heteroatoms. The Morgan fingerprint density at radius 1 is 1.42 bits per heavy atom. The highest BCUT2D eigenvalue weighted by atomic mass is 79.9. The molecule has 1 aromatic carbocycles. The van der Waals surface area contributed by atoms with Gasteiger partial charge in [0.2, 0.25) is 0 Å². The van der Waals surface area contributed by atoms with E-state index in [1.165, 1.54) is 0 Å². The van der Waals surface area contributed by atoms with Crippen LogP contribution in [0, 0.1) is 5.92 Å². The molecule has 1 aromatic rings. The van der Waals surface area contributed by atoms with Crippen molar-refractivity contribution in [1.82, 2.24) is 4.90 Å². The van der Waals surface area contributed by atoms with Crippen LogP contribution in [0.15, 0.2) is 22.7 Å². The molecule has 2 rings (SSSR count). The molecule has 0 aliphatic carbocycles. The maximum absolute atomic E-state index is 12.3. The number of likely N-dealkylation sites (tertiary alicyclic amines) is 1. The number of aliphatic carboxylic acids is 1. The first-order chi connectivity index (χ1) is 8.99. The van der Waals surface area contributed by atoms with Gasteiger partial charge in [-0.3, -0.25) is 9.59 Å². The minimum atomic E-state index is -0.838. The molecule has 1 N–H and O–H groups in total. The van der Waals surface area contributed by atoms with E-state index in [0.717, 1.165) is 6.42 Å². The van der Waals surface area contributed by atoms with Crippen molar-refractivity contribution in [3.05, 3.63) is 33.3 Å². The van der Waals surface area contributed by atoms with Crippen molar-refractivity contribution in [2.45, 2.75) is 12.8 Å². The maximum atomic E-state index is 12.3. The highest BCUT2D eigenvalue weighted by molar-refractivity contribution is 9.10. The zero-order valence-corrected chi connectivity index (χ0v) is 12.4. The summed E-state index contributed by atoms with van der Waals surface area (Å²) in [7, 11) is 0. The maximum Gasteiger partial charge on any atom is 0.308 e. The number of carbonyl (C=O) groups excluding carboxylic acids is 1. The fourth-order valence-electron chi connectivity index (χ4n) is 2.17. The van der Waals surface area contributed by atoms with Crippen LogP contribution in [0.1, 0.15) is 23.2 Å². The average molecular weight is 347 g/mol. The van der Waals surface area contributed by atoms with Crippen LogP contribution in [0.3, 0.4) is 0 Å². The molecule has 0 aromatic heterocycles. The number of rotatable bonds is 2. The third kappa shape index (κ3) is 3.28. The molecule has 1 aliphatic rings. The van der Waals surface area contributed by atoms with E-state index in [0.29, 0.717) is 28.0 Å². The molecule has 1 atom stereocenters. The van der Waals surface area contributed by atoms with E-state index in [1.807, 2.05) is 0 Å². The summed E-state index contributed by atoms with van der Waals surface area (Å²) in [5.74, 6) is -1.45. The molecule has 1 saturated heterocycles. The van der Waals surface area contributed by atoms with Gasteiger partial charge < -0.3 is 10.0 Å². The van der Waals surface area contributed by atoms with Gasteiger partial charge in [-0.2, -0.15) is 0 Å². The number of halogens is 2. The van der Waals surface area contributed by atoms with Gasteiger partial charge in [-0.1, -0.05) is 11.6 Å². The van der Waals surface area contributed by atoms with E-state index in [1.54, 1.807) is 23.1 Å². The minimum Gasteiger partial charge on any atom is -0.481 e. The Morgan fingerprint density at radius 3 is 2.79 bits per heavy atom. The monoisotopic (exact) mass is 345 g/mol. The molecule has 1 unspecified atom stereocenters. The third-order valence-corrected chi connectivity index (χ3v) is 4.44. The molecular weight excluding hydrogens is 334 g/mol. The molecule has 102 valence electrons. The number of carboxylic acid groups (broad SMARTS) is 1. The minimum absolute atomic E-state index is 0.150.